The number of benzene rings is 3. The smallest absolute Gasteiger partial charge is 0.251 e. The lowest BCUT2D eigenvalue weighted by Gasteiger charge is -2.11. The van der Waals surface area contributed by atoms with Crippen molar-refractivity contribution in [3.8, 4) is 5.00 Å². The molecule has 0 spiro atoms. The van der Waals surface area contributed by atoms with Gasteiger partial charge in [-0.05, 0) is 41.5 Å². The van der Waals surface area contributed by atoms with Crippen LogP contribution in [0.15, 0.2) is 77.8 Å². The van der Waals surface area contributed by atoms with Crippen LogP contribution in [0, 0.1) is 0 Å². The van der Waals surface area contributed by atoms with Crippen molar-refractivity contribution in [3.05, 3.63) is 111 Å². The van der Waals surface area contributed by atoms with Gasteiger partial charge in [-0.1, -0.05) is 67.1 Å². The quantitative estimate of drug-likeness (QED) is 0.315. The van der Waals surface area contributed by atoms with Crippen molar-refractivity contribution >= 4 is 45.3 Å². The fraction of sp³-hybridized carbons (Fsp3) is 0.143. The second kappa shape index (κ2) is 9.33. The second-order valence-corrected chi connectivity index (χ2v) is 10.1. The molecular weight excluding hydrogens is 490 g/mol. The molecule has 1 N–H and O–H groups in total. The standard InChI is InChI=1S/C28H22ClN5OS/c1-2-20-14-22-26(21-9-5-6-10-23(21)29)30-15-24-32-33-25(34(24)28(22)36-20)16-31-27(35)19-12-11-17-7-3-4-8-18(17)13-19/h3-14H,2,15-16H2,1H3,(H,31,35). The maximum Gasteiger partial charge on any atom is 0.251 e. The molecule has 178 valence electrons. The zero-order valence-electron chi connectivity index (χ0n) is 19.5. The predicted molar refractivity (Wildman–Crippen MR) is 145 cm³/mol. The highest BCUT2D eigenvalue weighted by Crippen LogP contribution is 2.34. The van der Waals surface area contributed by atoms with Crippen LogP contribution in [0.1, 0.15) is 44.9 Å². The first-order valence-electron chi connectivity index (χ1n) is 11.8. The van der Waals surface area contributed by atoms with E-state index in [9.17, 15) is 4.79 Å². The molecule has 3 aromatic carbocycles. The van der Waals surface area contributed by atoms with E-state index >= 15 is 0 Å². The third-order valence-electron chi connectivity index (χ3n) is 6.29. The van der Waals surface area contributed by atoms with Gasteiger partial charge in [0, 0.05) is 26.6 Å². The number of carbonyl (C=O) groups excluding carboxylic acids is 1. The Bertz CT molecular complexity index is 1650. The first-order valence-corrected chi connectivity index (χ1v) is 12.9. The normalized spacial score (nSPS) is 12.6. The first kappa shape index (κ1) is 22.6. The largest absolute Gasteiger partial charge is 0.345 e. The van der Waals surface area contributed by atoms with Crippen molar-refractivity contribution in [2.75, 3.05) is 0 Å². The van der Waals surface area contributed by atoms with Crippen LogP contribution in [0.25, 0.3) is 15.8 Å². The Morgan fingerprint density at radius 2 is 1.81 bits per heavy atom. The van der Waals surface area contributed by atoms with E-state index in [4.69, 9.17) is 16.6 Å². The summed E-state index contributed by atoms with van der Waals surface area (Å²) >= 11 is 8.25. The molecular formula is C28H22ClN5OS. The fourth-order valence-corrected chi connectivity index (χ4v) is 5.82. The van der Waals surface area contributed by atoms with Gasteiger partial charge < -0.3 is 5.32 Å². The van der Waals surface area contributed by atoms with E-state index in [0.717, 1.165) is 44.9 Å². The molecule has 6 nitrogen and oxygen atoms in total. The van der Waals surface area contributed by atoms with Crippen LogP contribution in [-0.2, 0) is 19.5 Å². The van der Waals surface area contributed by atoms with Crippen LogP contribution < -0.4 is 5.32 Å². The van der Waals surface area contributed by atoms with E-state index in [2.05, 4.69) is 28.5 Å². The summed E-state index contributed by atoms with van der Waals surface area (Å²) in [7, 11) is 0. The van der Waals surface area contributed by atoms with Gasteiger partial charge in [0.25, 0.3) is 5.91 Å². The van der Waals surface area contributed by atoms with Crippen molar-refractivity contribution in [3.63, 3.8) is 0 Å². The van der Waals surface area contributed by atoms with Crippen LogP contribution in [0.3, 0.4) is 0 Å². The van der Waals surface area contributed by atoms with Gasteiger partial charge in [0.1, 0.15) is 11.5 Å². The highest BCUT2D eigenvalue weighted by Gasteiger charge is 2.26. The van der Waals surface area contributed by atoms with Gasteiger partial charge in [0.2, 0.25) is 0 Å². The number of thiophene rings is 1. The summed E-state index contributed by atoms with van der Waals surface area (Å²) in [4.78, 5) is 19.1. The fourth-order valence-electron chi connectivity index (χ4n) is 4.46. The molecule has 1 amide bonds. The van der Waals surface area contributed by atoms with Gasteiger partial charge in [-0.3, -0.25) is 14.4 Å². The van der Waals surface area contributed by atoms with Crippen molar-refractivity contribution in [1.82, 2.24) is 20.1 Å². The number of hydrogen-bond donors (Lipinski definition) is 1. The van der Waals surface area contributed by atoms with Gasteiger partial charge >= 0.3 is 0 Å². The summed E-state index contributed by atoms with van der Waals surface area (Å²) in [5, 5.41) is 15.6. The molecule has 0 aliphatic carbocycles. The molecule has 0 atom stereocenters. The molecule has 6 rings (SSSR count). The molecule has 1 aliphatic heterocycles. The summed E-state index contributed by atoms with van der Waals surface area (Å²) in [6.45, 7) is 2.75. The number of rotatable bonds is 5. The molecule has 0 fully saturated rings. The Hall–Kier alpha value is -3.81. The first-order chi connectivity index (χ1) is 17.6. The molecule has 3 heterocycles. The predicted octanol–water partition coefficient (Wildman–Crippen LogP) is 5.98. The van der Waals surface area contributed by atoms with Gasteiger partial charge in [-0.25, -0.2) is 0 Å². The SMILES string of the molecule is CCc1cc2c(s1)-n1c(nnc1CNC(=O)c1ccc3ccccc3c1)CN=C2c1ccccc1Cl. The molecule has 36 heavy (non-hydrogen) atoms. The Morgan fingerprint density at radius 3 is 2.64 bits per heavy atom. The number of nitrogens with zero attached hydrogens (tertiary/aromatic N) is 4. The lowest BCUT2D eigenvalue weighted by molar-refractivity contribution is 0.0950. The summed E-state index contributed by atoms with van der Waals surface area (Å²) in [5.41, 5.74) is 3.36. The van der Waals surface area contributed by atoms with Crippen LogP contribution >= 0.6 is 22.9 Å². The van der Waals surface area contributed by atoms with Crippen LogP contribution in [0.5, 0.6) is 0 Å². The molecule has 0 unspecified atom stereocenters. The Balaban J connectivity index is 1.33. The van der Waals surface area contributed by atoms with Crippen molar-refractivity contribution in [2.24, 2.45) is 4.99 Å². The van der Waals surface area contributed by atoms with Crippen molar-refractivity contribution < 1.29 is 4.79 Å². The molecule has 0 saturated carbocycles. The molecule has 1 aliphatic rings. The summed E-state index contributed by atoms with van der Waals surface area (Å²) in [5.74, 6) is 1.25. The van der Waals surface area contributed by atoms with Crippen LogP contribution in [0.4, 0.5) is 0 Å². The lowest BCUT2D eigenvalue weighted by atomic mass is 10.0. The van der Waals surface area contributed by atoms with E-state index in [-0.39, 0.29) is 12.5 Å². The van der Waals surface area contributed by atoms with E-state index in [1.54, 1.807) is 11.3 Å². The minimum absolute atomic E-state index is 0.152. The van der Waals surface area contributed by atoms with Gasteiger partial charge in [0.15, 0.2) is 11.6 Å². The van der Waals surface area contributed by atoms with E-state index < -0.39 is 0 Å². The highest BCUT2D eigenvalue weighted by molar-refractivity contribution is 7.15. The number of aromatic nitrogens is 3. The molecule has 2 aromatic heterocycles. The van der Waals surface area contributed by atoms with E-state index in [0.29, 0.717) is 23.0 Å². The third-order valence-corrected chi connectivity index (χ3v) is 7.89. The van der Waals surface area contributed by atoms with Crippen molar-refractivity contribution in [1.29, 1.82) is 0 Å². The summed E-state index contributed by atoms with van der Waals surface area (Å²) in [6.07, 6.45) is 0.902. The highest BCUT2D eigenvalue weighted by atomic mass is 35.5. The topological polar surface area (TPSA) is 72.2 Å². The van der Waals surface area contributed by atoms with Gasteiger partial charge in [-0.15, -0.1) is 21.5 Å². The average Bonchev–Trinajstić information content (AvgIpc) is 3.48. The number of nitrogens with one attached hydrogen (secondary N) is 1. The summed E-state index contributed by atoms with van der Waals surface area (Å²) < 4.78 is 2.03. The minimum Gasteiger partial charge on any atom is -0.345 e. The number of carbonyl (C=O) groups is 1. The number of amides is 1. The molecule has 0 radical (unpaired) electrons. The molecule has 5 aromatic rings. The van der Waals surface area contributed by atoms with Crippen LogP contribution in [-0.4, -0.2) is 26.4 Å². The Labute approximate surface area is 217 Å². The zero-order chi connectivity index (χ0) is 24.6. The third kappa shape index (κ3) is 4.00. The van der Waals surface area contributed by atoms with E-state index in [1.165, 1.54) is 4.88 Å². The zero-order valence-corrected chi connectivity index (χ0v) is 21.1. The molecule has 0 bridgehead atoms. The number of aryl methyl sites for hydroxylation is 1. The number of hydrogen-bond acceptors (Lipinski definition) is 5. The Kier molecular flexibility index (Phi) is 5.87. The number of halogens is 1. The maximum absolute atomic E-state index is 13.0. The van der Waals surface area contributed by atoms with Crippen LogP contribution in [0.2, 0.25) is 5.02 Å². The van der Waals surface area contributed by atoms with Crippen molar-refractivity contribution in [2.45, 2.75) is 26.4 Å². The summed E-state index contributed by atoms with van der Waals surface area (Å²) in [6, 6.07) is 23.6. The number of fused-ring (bicyclic) bond motifs is 4. The average molecular weight is 512 g/mol. The Morgan fingerprint density at radius 1 is 1.00 bits per heavy atom. The second-order valence-electron chi connectivity index (χ2n) is 8.54. The van der Waals surface area contributed by atoms with E-state index in [1.807, 2.05) is 71.3 Å². The lowest BCUT2D eigenvalue weighted by Crippen LogP contribution is -2.24. The van der Waals surface area contributed by atoms with Gasteiger partial charge in [0.05, 0.1) is 12.3 Å². The minimum atomic E-state index is -0.152. The molecule has 8 heteroatoms. The monoisotopic (exact) mass is 511 g/mol. The maximum atomic E-state index is 13.0. The van der Waals surface area contributed by atoms with Gasteiger partial charge in [-0.2, -0.15) is 0 Å². The molecule has 0 saturated heterocycles. The number of aliphatic imine (C=N–C) groups is 1.